The molecule has 0 bridgehead atoms. The predicted molar refractivity (Wildman–Crippen MR) is 111 cm³/mol. The molecule has 0 atom stereocenters. The van der Waals surface area contributed by atoms with Gasteiger partial charge in [0.1, 0.15) is 0 Å². The van der Waals surface area contributed by atoms with E-state index in [-0.39, 0.29) is 11.9 Å². The quantitative estimate of drug-likeness (QED) is 0.295. The molecule has 0 aliphatic carbocycles. The molecule has 0 aliphatic rings. The van der Waals surface area contributed by atoms with E-state index < -0.39 is 5.97 Å². The lowest BCUT2D eigenvalue weighted by Crippen LogP contribution is -2.22. The number of carbonyl (C=O) groups excluding carboxylic acids is 2. The van der Waals surface area contributed by atoms with Crippen LogP contribution in [0.5, 0.6) is 0 Å². The Labute approximate surface area is 164 Å². The van der Waals surface area contributed by atoms with Crippen LogP contribution in [0.3, 0.4) is 0 Å². The Morgan fingerprint density at radius 2 is 1.93 bits per heavy atom. The number of amides is 1. The second-order valence-electron chi connectivity index (χ2n) is 5.90. The Hall–Kier alpha value is -3.61. The summed E-state index contributed by atoms with van der Waals surface area (Å²) in [6.07, 6.45) is 3.78. The minimum absolute atomic E-state index is 0.0720. The van der Waals surface area contributed by atoms with Gasteiger partial charge in [0.05, 0.1) is 12.3 Å². The summed E-state index contributed by atoms with van der Waals surface area (Å²) < 4.78 is 4.87. The van der Waals surface area contributed by atoms with Crippen LogP contribution in [0.1, 0.15) is 35.3 Å². The molecule has 0 heterocycles. The smallest absolute Gasteiger partial charge is 0.330 e. The van der Waals surface area contributed by atoms with Crippen LogP contribution in [0.4, 0.5) is 11.4 Å². The number of rotatable bonds is 7. The van der Waals surface area contributed by atoms with Crippen molar-refractivity contribution in [2.75, 3.05) is 11.9 Å². The average molecular weight is 380 g/mol. The van der Waals surface area contributed by atoms with Crippen LogP contribution in [0, 0.1) is 0 Å². The van der Waals surface area contributed by atoms with Crippen molar-refractivity contribution in [3.05, 3.63) is 65.2 Å². The molecule has 28 heavy (non-hydrogen) atoms. The number of esters is 1. The third-order valence-corrected chi connectivity index (χ3v) is 3.82. The van der Waals surface area contributed by atoms with Crippen molar-refractivity contribution < 1.29 is 14.3 Å². The normalized spacial score (nSPS) is 10.5. The topological polar surface area (TPSA) is 120 Å². The fourth-order valence-corrected chi connectivity index (χ4v) is 2.55. The van der Waals surface area contributed by atoms with E-state index in [0.717, 1.165) is 11.1 Å². The van der Waals surface area contributed by atoms with Gasteiger partial charge < -0.3 is 21.5 Å². The molecule has 2 rings (SSSR count). The predicted octanol–water partition coefficient (Wildman–Crippen LogP) is 2.98. The van der Waals surface area contributed by atoms with E-state index in [2.05, 4.69) is 10.3 Å². The first-order valence-electron chi connectivity index (χ1n) is 8.91. The molecule has 146 valence electrons. The first-order valence-corrected chi connectivity index (χ1v) is 8.91. The number of hydrogen-bond acceptors (Lipinski definition) is 4. The molecular formula is C21H24N4O3. The Balaban J connectivity index is 2.18. The molecule has 2 aromatic carbocycles. The molecule has 5 N–H and O–H groups in total. The summed E-state index contributed by atoms with van der Waals surface area (Å²) in [5.41, 5.74) is 14.2. The Kier molecular flexibility index (Phi) is 7.33. The van der Waals surface area contributed by atoms with E-state index in [1.807, 2.05) is 19.1 Å². The van der Waals surface area contributed by atoms with Gasteiger partial charge in [-0.05, 0) is 60.9 Å². The maximum Gasteiger partial charge on any atom is 0.330 e. The minimum atomic E-state index is -0.390. The third-order valence-electron chi connectivity index (χ3n) is 3.82. The van der Waals surface area contributed by atoms with Crippen molar-refractivity contribution in [1.82, 2.24) is 0 Å². The van der Waals surface area contributed by atoms with Crippen molar-refractivity contribution in [2.24, 2.45) is 16.5 Å². The second-order valence-corrected chi connectivity index (χ2v) is 5.90. The molecular weight excluding hydrogens is 356 g/mol. The van der Waals surface area contributed by atoms with Crippen LogP contribution in [-0.2, 0) is 16.0 Å². The van der Waals surface area contributed by atoms with Crippen molar-refractivity contribution in [3.8, 4) is 0 Å². The number of ether oxygens (including phenoxy) is 1. The highest BCUT2D eigenvalue weighted by Gasteiger charge is 2.10. The number of carbonyl (C=O) groups is 2. The monoisotopic (exact) mass is 380 g/mol. The summed E-state index contributed by atoms with van der Waals surface area (Å²) in [6.45, 7) is 4.08. The lowest BCUT2D eigenvalue weighted by atomic mass is 10.1. The molecule has 2 aromatic rings. The van der Waals surface area contributed by atoms with E-state index in [9.17, 15) is 9.59 Å². The first kappa shape index (κ1) is 20.7. The molecule has 7 heteroatoms. The average Bonchev–Trinajstić information content (AvgIpc) is 2.67. The Morgan fingerprint density at radius 1 is 1.14 bits per heavy atom. The first-order chi connectivity index (χ1) is 13.4. The lowest BCUT2D eigenvalue weighted by molar-refractivity contribution is -0.137. The highest BCUT2D eigenvalue weighted by Crippen LogP contribution is 2.21. The minimum Gasteiger partial charge on any atom is -0.463 e. The van der Waals surface area contributed by atoms with Gasteiger partial charge >= 0.3 is 5.97 Å². The molecule has 0 spiro atoms. The van der Waals surface area contributed by atoms with Gasteiger partial charge in [-0.3, -0.25) is 4.79 Å². The molecule has 0 aliphatic heterocycles. The molecule has 0 aromatic heterocycles. The maximum absolute atomic E-state index is 12.6. The van der Waals surface area contributed by atoms with Crippen molar-refractivity contribution in [3.63, 3.8) is 0 Å². The lowest BCUT2D eigenvalue weighted by Gasteiger charge is -2.11. The number of aliphatic imine (C=N–C) groups is 1. The highest BCUT2D eigenvalue weighted by molar-refractivity contribution is 6.05. The number of guanidine groups is 1. The van der Waals surface area contributed by atoms with Crippen LogP contribution in [0.2, 0.25) is 0 Å². The van der Waals surface area contributed by atoms with Crippen LogP contribution in [0.15, 0.2) is 53.5 Å². The number of nitrogens with one attached hydrogen (secondary N) is 1. The molecule has 1 amide bonds. The SMILES string of the molecule is CCOC(=O)/C=C/c1ccc(NC(=O)c2cccc(N=C(N)N)c2)c(CC)c1. The largest absolute Gasteiger partial charge is 0.463 e. The molecule has 0 unspecified atom stereocenters. The van der Waals surface area contributed by atoms with Gasteiger partial charge in [0.25, 0.3) is 5.91 Å². The number of nitrogens with zero attached hydrogens (tertiary/aromatic N) is 1. The van der Waals surface area contributed by atoms with Crippen molar-refractivity contribution in [2.45, 2.75) is 20.3 Å². The summed E-state index contributed by atoms with van der Waals surface area (Å²) in [7, 11) is 0. The van der Waals surface area contributed by atoms with Gasteiger partial charge in [-0.2, -0.15) is 0 Å². The molecule has 7 nitrogen and oxygen atoms in total. The Morgan fingerprint density at radius 3 is 2.61 bits per heavy atom. The standard InChI is InChI=1S/C21H24N4O3/c1-3-15-12-14(9-11-19(26)28-4-2)8-10-18(15)25-20(27)16-6-5-7-17(13-16)24-21(22)23/h5-13H,3-4H2,1-2H3,(H,25,27)(H4,22,23,24)/b11-9+. The van der Waals surface area contributed by atoms with Crippen molar-refractivity contribution in [1.29, 1.82) is 0 Å². The van der Waals surface area contributed by atoms with E-state index in [0.29, 0.717) is 30.0 Å². The fraction of sp³-hybridized carbons (Fsp3) is 0.190. The molecule has 0 saturated carbocycles. The summed E-state index contributed by atoms with van der Waals surface area (Å²) >= 11 is 0. The number of hydrogen-bond donors (Lipinski definition) is 3. The number of benzene rings is 2. The van der Waals surface area contributed by atoms with Crippen LogP contribution >= 0.6 is 0 Å². The summed E-state index contributed by atoms with van der Waals surface area (Å²) in [6, 6.07) is 12.3. The van der Waals surface area contributed by atoms with Gasteiger partial charge in [-0.25, -0.2) is 9.79 Å². The van der Waals surface area contributed by atoms with E-state index in [1.165, 1.54) is 6.08 Å². The maximum atomic E-state index is 12.6. The molecule has 0 radical (unpaired) electrons. The van der Waals surface area contributed by atoms with Gasteiger partial charge in [0.2, 0.25) is 0 Å². The number of aryl methyl sites for hydroxylation is 1. The molecule has 0 fully saturated rings. The number of anilines is 1. The zero-order valence-electron chi connectivity index (χ0n) is 15.9. The third kappa shape index (κ3) is 5.98. The zero-order valence-corrected chi connectivity index (χ0v) is 15.9. The zero-order chi connectivity index (χ0) is 20.5. The van der Waals surface area contributed by atoms with E-state index in [4.69, 9.17) is 16.2 Å². The summed E-state index contributed by atoms with van der Waals surface area (Å²) in [5.74, 6) is -0.729. The van der Waals surface area contributed by atoms with Crippen LogP contribution in [-0.4, -0.2) is 24.4 Å². The van der Waals surface area contributed by atoms with Crippen LogP contribution < -0.4 is 16.8 Å². The van der Waals surface area contributed by atoms with Gasteiger partial charge in [0.15, 0.2) is 5.96 Å². The van der Waals surface area contributed by atoms with Gasteiger partial charge in [0, 0.05) is 17.3 Å². The van der Waals surface area contributed by atoms with E-state index >= 15 is 0 Å². The molecule has 0 saturated heterocycles. The highest BCUT2D eigenvalue weighted by atomic mass is 16.5. The summed E-state index contributed by atoms with van der Waals surface area (Å²) in [4.78, 5) is 28.0. The van der Waals surface area contributed by atoms with Gasteiger partial charge in [-0.1, -0.05) is 19.1 Å². The number of nitrogens with two attached hydrogens (primary N) is 2. The van der Waals surface area contributed by atoms with E-state index in [1.54, 1.807) is 43.3 Å². The van der Waals surface area contributed by atoms with Crippen LogP contribution in [0.25, 0.3) is 6.08 Å². The summed E-state index contributed by atoms with van der Waals surface area (Å²) in [5, 5.41) is 2.91. The van der Waals surface area contributed by atoms with Gasteiger partial charge in [-0.15, -0.1) is 0 Å². The fourth-order valence-electron chi connectivity index (χ4n) is 2.55. The second kappa shape index (κ2) is 9.91. The van der Waals surface area contributed by atoms with Crippen molar-refractivity contribution >= 4 is 35.3 Å². The Bertz CT molecular complexity index is 916.